The van der Waals surface area contributed by atoms with Crippen molar-refractivity contribution in [2.75, 3.05) is 6.26 Å². The predicted molar refractivity (Wildman–Crippen MR) is 73.5 cm³/mol. The minimum absolute atomic E-state index is 0.250. The van der Waals surface area contributed by atoms with Crippen LogP contribution in [0.3, 0.4) is 0 Å². The maximum Gasteiger partial charge on any atom is 0.243 e. The van der Waals surface area contributed by atoms with Gasteiger partial charge in [0.05, 0.1) is 22.7 Å². The monoisotopic (exact) mass is 275 g/mol. The lowest BCUT2D eigenvalue weighted by Gasteiger charge is -2.45. The van der Waals surface area contributed by atoms with Gasteiger partial charge in [0.2, 0.25) is 5.91 Å². The summed E-state index contributed by atoms with van der Waals surface area (Å²) in [7, 11) is 0. The summed E-state index contributed by atoms with van der Waals surface area (Å²) >= 11 is 1.38. The van der Waals surface area contributed by atoms with Gasteiger partial charge in [-0.15, -0.1) is 11.8 Å². The Hall–Kier alpha value is -1.46. The Labute approximate surface area is 117 Å². The fourth-order valence-electron chi connectivity index (χ4n) is 3.45. The fourth-order valence-corrected chi connectivity index (χ4v) is 4.10. The zero-order valence-electron chi connectivity index (χ0n) is 11.2. The molecule has 0 saturated heterocycles. The second-order valence-electron chi connectivity index (χ2n) is 5.43. The lowest BCUT2D eigenvalue weighted by Crippen LogP contribution is -2.49. The second kappa shape index (κ2) is 5.27. The minimum Gasteiger partial charge on any atom is -0.319 e. The van der Waals surface area contributed by atoms with Gasteiger partial charge in [-0.1, -0.05) is 19.8 Å². The van der Waals surface area contributed by atoms with Crippen LogP contribution in [0.1, 0.15) is 32.6 Å². The van der Waals surface area contributed by atoms with Gasteiger partial charge in [0.25, 0.3) is 0 Å². The molecule has 5 heteroatoms. The van der Waals surface area contributed by atoms with Crippen molar-refractivity contribution >= 4 is 17.7 Å². The maximum atomic E-state index is 12.1. The number of carbonyl (C=O) groups excluding carboxylic acids is 1. The van der Waals surface area contributed by atoms with Gasteiger partial charge < -0.3 is 5.32 Å². The predicted octanol–water partition coefficient (Wildman–Crippen LogP) is 2.55. The zero-order valence-corrected chi connectivity index (χ0v) is 12.0. The molecule has 1 heterocycles. The van der Waals surface area contributed by atoms with Crippen LogP contribution >= 0.6 is 11.8 Å². The van der Waals surface area contributed by atoms with E-state index < -0.39 is 11.3 Å². The van der Waals surface area contributed by atoms with Gasteiger partial charge in [-0.2, -0.15) is 10.5 Å². The van der Waals surface area contributed by atoms with E-state index in [1.54, 1.807) is 0 Å². The molecular weight excluding hydrogens is 258 g/mol. The Kier molecular flexibility index (Phi) is 3.87. The van der Waals surface area contributed by atoms with Crippen LogP contribution in [0.5, 0.6) is 0 Å². The Morgan fingerprint density at radius 3 is 2.74 bits per heavy atom. The lowest BCUT2D eigenvalue weighted by atomic mass is 9.59. The number of nitrogens with zero attached hydrogens (tertiary/aromatic N) is 2. The molecule has 1 spiro atoms. The van der Waals surface area contributed by atoms with Crippen LogP contribution in [-0.4, -0.2) is 12.2 Å². The number of amides is 1. The van der Waals surface area contributed by atoms with Crippen molar-refractivity contribution in [3.63, 3.8) is 0 Å². The molecule has 1 N–H and O–H groups in total. The summed E-state index contributed by atoms with van der Waals surface area (Å²) in [5.41, 5.74) is 0.0414. The van der Waals surface area contributed by atoms with E-state index in [4.69, 9.17) is 0 Å². The molecule has 1 aliphatic heterocycles. The van der Waals surface area contributed by atoms with Crippen molar-refractivity contribution in [2.24, 2.45) is 17.3 Å². The van der Waals surface area contributed by atoms with Gasteiger partial charge in [0.15, 0.2) is 0 Å². The molecule has 4 nitrogen and oxygen atoms in total. The molecule has 0 aromatic rings. The average Bonchev–Trinajstić information content (AvgIpc) is 2.38. The lowest BCUT2D eigenvalue weighted by molar-refractivity contribution is -0.127. The number of thioether (sulfide) groups is 1. The molecule has 0 bridgehead atoms. The molecule has 1 amide bonds. The van der Waals surface area contributed by atoms with Gasteiger partial charge in [0.1, 0.15) is 5.92 Å². The Morgan fingerprint density at radius 1 is 1.47 bits per heavy atom. The largest absolute Gasteiger partial charge is 0.319 e. The first-order valence-corrected chi connectivity index (χ1v) is 7.71. The molecule has 3 unspecified atom stereocenters. The molecular formula is C14H17N3OS. The van der Waals surface area contributed by atoms with Gasteiger partial charge in [-0.25, -0.2) is 0 Å². The number of hydrogen-bond donors (Lipinski definition) is 1. The third kappa shape index (κ3) is 2.13. The quantitative estimate of drug-likeness (QED) is 0.797. The number of rotatable bonds is 1. The summed E-state index contributed by atoms with van der Waals surface area (Å²) in [6, 6.07) is 4.40. The molecule has 2 aliphatic rings. The van der Waals surface area contributed by atoms with Crippen LogP contribution in [-0.2, 0) is 4.79 Å². The molecule has 100 valence electrons. The van der Waals surface area contributed by atoms with Crippen LogP contribution in [0.25, 0.3) is 0 Å². The smallest absolute Gasteiger partial charge is 0.243 e. The van der Waals surface area contributed by atoms with E-state index in [2.05, 4.69) is 24.4 Å². The van der Waals surface area contributed by atoms with Crippen LogP contribution in [0.2, 0.25) is 0 Å². The molecule has 1 fully saturated rings. The zero-order chi connectivity index (χ0) is 14.0. The van der Waals surface area contributed by atoms with E-state index >= 15 is 0 Å². The van der Waals surface area contributed by atoms with E-state index in [1.807, 2.05) is 6.26 Å². The number of nitrogens with one attached hydrogen (secondary N) is 1. The highest BCUT2D eigenvalue weighted by atomic mass is 32.2. The van der Waals surface area contributed by atoms with E-state index in [1.165, 1.54) is 11.8 Å². The van der Waals surface area contributed by atoms with Gasteiger partial charge >= 0.3 is 0 Å². The SMILES string of the molecule is CSC1=C(C#N)C2(CCCC(C)C2)C(C#N)C(=O)N1. The number of carbonyl (C=O) groups is 1. The number of allylic oxidation sites excluding steroid dienone is 1. The van der Waals surface area contributed by atoms with Crippen molar-refractivity contribution in [1.82, 2.24) is 5.32 Å². The molecule has 3 atom stereocenters. The first kappa shape index (κ1) is 14.0. The number of nitriles is 2. The topological polar surface area (TPSA) is 76.7 Å². The van der Waals surface area contributed by atoms with Gasteiger partial charge in [-0.3, -0.25) is 4.79 Å². The van der Waals surface area contributed by atoms with Gasteiger partial charge in [-0.05, 0) is 25.0 Å². The normalized spacial score (nSPS) is 34.6. The van der Waals surface area contributed by atoms with Crippen LogP contribution in [0.4, 0.5) is 0 Å². The van der Waals surface area contributed by atoms with Crippen LogP contribution in [0, 0.1) is 39.9 Å². The van der Waals surface area contributed by atoms with Crippen molar-refractivity contribution in [1.29, 1.82) is 10.5 Å². The summed E-state index contributed by atoms with van der Waals surface area (Å²) < 4.78 is 0. The third-order valence-corrected chi connectivity index (χ3v) is 4.97. The first-order valence-electron chi connectivity index (χ1n) is 6.48. The van der Waals surface area contributed by atoms with Crippen LogP contribution < -0.4 is 5.32 Å². The van der Waals surface area contributed by atoms with Crippen molar-refractivity contribution in [2.45, 2.75) is 32.6 Å². The Balaban J connectivity index is 2.59. The molecule has 1 saturated carbocycles. The molecule has 0 aromatic carbocycles. The van der Waals surface area contributed by atoms with Crippen molar-refractivity contribution in [3.05, 3.63) is 10.6 Å². The van der Waals surface area contributed by atoms with Crippen molar-refractivity contribution < 1.29 is 4.79 Å². The number of hydrogen-bond acceptors (Lipinski definition) is 4. The highest BCUT2D eigenvalue weighted by Gasteiger charge is 2.52. The van der Waals surface area contributed by atoms with E-state index in [-0.39, 0.29) is 5.91 Å². The maximum absolute atomic E-state index is 12.1. The fraction of sp³-hybridized carbons (Fsp3) is 0.643. The van der Waals surface area contributed by atoms with Gasteiger partial charge in [0, 0.05) is 5.41 Å². The van der Waals surface area contributed by atoms with Crippen molar-refractivity contribution in [3.8, 4) is 12.1 Å². The van der Waals surface area contributed by atoms with E-state index in [9.17, 15) is 15.3 Å². The summed E-state index contributed by atoms with van der Waals surface area (Å²) in [4.78, 5) is 12.1. The molecule has 0 aromatic heterocycles. The Morgan fingerprint density at radius 2 is 2.21 bits per heavy atom. The third-order valence-electron chi connectivity index (χ3n) is 4.25. The van der Waals surface area contributed by atoms with E-state index in [0.717, 1.165) is 25.7 Å². The summed E-state index contributed by atoms with van der Waals surface area (Å²) in [6.45, 7) is 2.13. The molecule has 0 radical (unpaired) electrons. The molecule has 19 heavy (non-hydrogen) atoms. The highest BCUT2D eigenvalue weighted by Crippen LogP contribution is 2.53. The highest BCUT2D eigenvalue weighted by molar-refractivity contribution is 8.02. The summed E-state index contributed by atoms with van der Waals surface area (Å²) in [5.74, 6) is -0.539. The van der Waals surface area contributed by atoms with Crippen LogP contribution in [0.15, 0.2) is 10.6 Å². The minimum atomic E-state index is -0.735. The molecule has 2 rings (SSSR count). The summed E-state index contributed by atoms with van der Waals surface area (Å²) in [6.07, 6.45) is 5.44. The van der Waals surface area contributed by atoms with E-state index in [0.29, 0.717) is 16.5 Å². The standard InChI is InChI=1S/C14H17N3OS/c1-9-4-3-5-14(6-9)10(7-15)12(18)17-13(19-2)11(14)8-16/h9-10H,3-6H2,1-2H3,(H,17,18). The average molecular weight is 275 g/mol. The molecule has 1 aliphatic carbocycles. The Bertz CT molecular complexity index is 514. The second-order valence-corrected chi connectivity index (χ2v) is 6.25. The first-order chi connectivity index (χ1) is 9.08. The summed E-state index contributed by atoms with van der Waals surface area (Å²) in [5, 5.41) is 22.2.